The standard InChI is InChI=1S/C15H19N3S/c1-3-12-5-2-7-18-15(12)13(4-1)11-16-8-6-14-17-9-10-19-14/h1,3-4,9-10,16,18H,2,5-8,11H2. The van der Waals surface area contributed by atoms with Gasteiger partial charge in [0.2, 0.25) is 0 Å². The van der Waals surface area contributed by atoms with E-state index in [0.717, 1.165) is 26.1 Å². The Balaban J connectivity index is 1.55. The van der Waals surface area contributed by atoms with Crippen molar-refractivity contribution in [2.75, 3.05) is 18.4 Å². The van der Waals surface area contributed by atoms with Gasteiger partial charge in [-0.1, -0.05) is 18.2 Å². The van der Waals surface area contributed by atoms with Gasteiger partial charge in [-0.25, -0.2) is 4.98 Å². The van der Waals surface area contributed by atoms with Crippen molar-refractivity contribution in [3.63, 3.8) is 0 Å². The molecular formula is C15H19N3S. The molecule has 4 heteroatoms. The summed E-state index contributed by atoms with van der Waals surface area (Å²) >= 11 is 1.73. The van der Waals surface area contributed by atoms with Crippen LogP contribution in [0.3, 0.4) is 0 Å². The van der Waals surface area contributed by atoms with E-state index in [1.807, 2.05) is 11.6 Å². The molecule has 0 saturated heterocycles. The van der Waals surface area contributed by atoms with E-state index in [1.54, 1.807) is 11.3 Å². The van der Waals surface area contributed by atoms with Gasteiger partial charge in [-0.05, 0) is 24.0 Å². The highest BCUT2D eigenvalue weighted by molar-refractivity contribution is 7.09. The van der Waals surface area contributed by atoms with Crippen molar-refractivity contribution in [2.45, 2.75) is 25.8 Å². The molecule has 0 fully saturated rings. The number of nitrogens with one attached hydrogen (secondary N) is 2. The first-order chi connectivity index (χ1) is 9.43. The zero-order chi connectivity index (χ0) is 12.9. The Hall–Kier alpha value is -1.39. The van der Waals surface area contributed by atoms with Crippen molar-refractivity contribution in [3.05, 3.63) is 45.9 Å². The molecule has 1 aromatic heterocycles. The maximum absolute atomic E-state index is 4.30. The first-order valence-electron chi connectivity index (χ1n) is 6.87. The van der Waals surface area contributed by atoms with Gasteiger partial charge in [0.1, 0.15) is 0 Å². The third-order valence-corrected chi connectivity index (χ3v) is 4.32. The van der Waals surface area contributed by atoms with Gasteiger partial charge >= 0.3 is 0 Å². The molecule has 0 aliphatic carbocycles. The Labute approximate surface area is 118 Å². The Morgan fingerprint density at radius 1 is 1.37 bits per heavy atom. The van der Waals surface area contributed by atoms with Gasteiger partial charge in [-0.3, -0.25) is 0 Å². The molecule has 0 unspecified atom stereocenters. The summed E-state index contributed by atoms with van der Waals surface area (Å²) in [4.78, 5) is 4.30. The molecule has 19 heavy (non-hydrogen) atoms. The molecule has 2 heterocycles. The quantitative estimate of drug-likeness (QED) is 0.823. The van der Waals surface area contributed by atoms with Crippen molar-refractivity contribution in [1.82, 2.24) is 10.3 Å². The summed E-state index contributed by atoms with van der Waals surface area (Å²) in [6, 6.07) is 6.62. The first-order valence-corrected chi connectivity index (χ1v) is 7.75. The third-order valence-electron chi connectivity index (χ3n) is 3.48. The lowest BCUT2D eigenvalue weighted by molar-refractivity contribution is 0.683. The maximum Gasteiger partial charge on any atom is 0.0937 e. The SMILES string of the molecule is c1cc2c(c(CNCCc3nccs3)c1)NCCC2. The number of aryl methyl sites for hydroxylation is 1. The molecule has 0 radical (unpaired) electrons. The van der Waals surface area contributed by atoms with Crippen LogP contribution < -0.4 is 10.6 Å². The van der Waals surface area contributed by atoms with Gasteiger partial charge in [-0.15, -0.1) is 11.3 Å². The number of nitrogens with zero attached hydrogens (tertiary/aromatic N) is 1. The van der Waals surface area contributed by atoms with E-state index in [9.17, 15) is 0 Å². The van der Waals surface area contributed by atoms with Gasteiger partial charge in [0.15, 0.2) is 0 Å². The molecule has 0 spiro atoms. The van der Waals surface area contributed by atoms with E-state index >= 15 is 0 Å². The highest BCUT2D eigenvalue weighted by Crippen LogP contribution is 2.25. The van der Waals surface area contributed by atoms with Gasteiger partial charge in [0, 0.05) is 43.3 Å². The minimum Gasteiger partial charge on any atom is -0.385 e. The van der Waals surface area contributed by atoms with Crippen LogP contribution in [-0.2, 0) is 19.4 Å². The summed E-state index contributed by atoms with van der Waals surface area (Å²) in [5.74, 6) is 0. The molecule has 3 nitrogen and oxygen atoms in total. The molecule has 1 aliphatic heterocycles. The molecule has 1 aromatic carbocycles. The van der Waals surface area contributed by atoms with Gasteiger partial charge < -0.3 is 10.6 Å². The number of anilines is 1. The van der Waals surface area contributed by atoms with Crippen LogP contribution in [0.4, 0.5) is 5.69 Å². The Morgan fingerprint density at radius 2 is 2.37 bits per heavy atom. The van der Waals surface area contributed by atoms with E-state index in [-0.39, 0.29) is 0 Å². The lowest BCUT2D eigenvalue weighted by Crippen LogP contribution is -2.20. The normalized spacial score (nSPS) is 13.9. The molecule has 0 atom stereocenters. The predicted octanol–water partition coefficient (Wildman–Crippen LogP) is 2.83. The highest BCUT2D eigenvalue weighted by Gasteiger charge is 2.11. The number of rotatable bonds is 5. The second kappa shape index (κ2) is 6.17. The van der Waals surface area contributed by atoms with Gasteiger partial charge in [0.05, 0.1) is 5.01 Å². The number of thiazole rings is 1. The smallest absolute Gasteiger partial charge is 0.0937 e. The monoisotopic (exact) mass is 273 g/mol. The Morgan fingerprint density at radius 3 is 3.26 bits per heavy atom. The van der Waals surface area contributed by atoms with Crippen LogP contribution in [0.25, 0.3) is 0 Å². The first kappa shape index (κ1) is 12.6. The topological polar surface area (TPSA) is 37.0 Å². The van der Waals surface area contributed by atoms with Crippen LogP contribution in [0.1, 0.15) is 22.6 Å². The van der Waals surface area contributed by atoms with Crippen LogP contribution >= 0.6 is 11.3 Å². The largest absolute Gasteiger partial charge is 0.385 e. The summed E-state index contributed by atoms with van der Waals surface area (Å²) in [6.07, 6.45) is 5.33. The van der Waals surface area contributed by atoms with E-state index in [0.29, 0.717) is 0 Å². The number of benzene rings is 1. The second-order valence-electron chi connectivity index (χ2n) is 4.83. The second-order valence-corrected chi connectivity index (χ2v) is 5.81. The number of hydrogen-bond donors (Lipinski definition) is 2. The summed E-state index contributed by atoms with van der Waals surface area (Å²) < 4.78 is 0. The number of fused-ring (bicyclic) bond motifs is 1. The zero-order valence-corrected chi connectivity index (χ0v) is 11.8. The lowest BCUT2D eigenvalue weighted by atomic mass is 9.99. The average molecular weight is 273 g/mol. The van der Waals surface area contributed by atoms with Crippen molar-refractivity contribution in [2.24, 2.45) is 0 Å². The van der Waals surface area contributed by atoms with Gasteiger partial charge in [-0.2, -0.15) is 0 Å². The van der Waals surface area contributed by atoms with Crippen LogP contribution in [0, 0.1) is 0 Å². The van der Waals surface area contributed by atoms with E-state index in [1.165, 1.54) is 34.7 Å². The van der Waals surface area contributed by atoms with Crippen LogP contribution in [-0.4, -0.2) is 18.1 Å². The molecule has 3 rings (SSSR count). The van der Waals surface area contributed by atoms with Gasteiger partial charge in [0.25, 0.3) is 0 Å². The number of aromatic nitrogens is 1. The minimum atomic E-state index is 0.932. The molecular weight excluding hydrogens is 254 g/mol. The fourth-order valence-electron chi connectivity index (χ4n) is 2.52. The molecule has 0 saturated carbocycles. The third kappa shape index (κ3) is 3.14. The van der Waals surface area contributed by atoms with Crippen molar-refractivity contribution >= 4 is 17.0 Å². The summed E-state index contributed by atoms with van der Waals surface area (Å²) in [5.41, 5.74) is 4.21. The van der Waals surface area contributed by atoms with E-state index in [2.05, 4.69) is 33.8 Å². The highest BCUT2D eigenvalue weighted by atomic mass is 32.1. The molecule has 100 valence electrons. The molecule has 0 bridgehead atoms. The lowest BCUT2D eigenvalue weighted by Gasteiger charge is -2.21. The van der Waals surface area contributed by atoms with Crippen LogP contribution in [0.2, 0.25) is 0 Å². The maximum atomic E-state index is 4.30. The fraction of sp³-hybridized carbons (Fsp3) is 0.400. The summed E-state index contributed by atoms with van der Waals surface area (Å²) in [5, 5.41) is 10.3. The van der Waals surface area contributed by atoms with Crippen LogP contribution in [0.15, 0.2) is 29.8 Å². The fourth-order valence-corrected chi connectivity index (χ4v) is 3.14. The minimum absolute atomic E-state index is 0.932. The van der Waals surface area contributed by atoms with E-state index < -0.39 is 0 Å². The molecule has 2 N–H and O–H groups in total. The molecule has 0 amide bonds. The van der Waals surface area contributed by atoms with Crippen molar-refractivity contribution < 1.29 is 0 Å². The Bertz CT molecular complexity index is 522. The molecule has 1 aliphatic rings. The van der Waals surface area contributed by atoms with Crippen molar-refractivity contribution in [1.29, 1.82) is 0 Å². The summed E-state index contributed by atoms with van der Waals surface area (Å²) in [6.45, 7) is 3.02. The summed E-state index contributed by atoms with van der Waals surface area (Å²) in [7, 11) is 0. The average Bonchev–Trinajstić information content (AvgIpc) is 2.97. The number of hydrogen-bond acceptors (Lipinski definition) is 4. The Kier molecular flexibility index (Phi) is 4.10. The predicted molar refractivity (Wildman–Crippen MR) is 80.8 cm³/mol. The molecule has 2 aromatic rings. The van der Waals surface area contributed by atoms with Crippen LogP contribution in [0.5, 0.6) is 0 Å². The van der Waals surface area contributed by atoms with Crippen molar-refractivity contribution in [3.8, 4) is 0 Å². The van der Waals surface area contributed by atoms with E-state index in [4.69, 9.17) is 0 Å². The zero-order valence-electron chi connectivity index (χ0n) is 11.0. The number of para-hydroxylation sites is 1.